The van der Waals surface area contributed by atoms with E-state index in [0.717, 1.165) is 19.3 Å². The quantitative estimate of drug-likeness (QED) is 0.268. The van der Waals surface area contributed by atoms with Crippen molar-refractivity contribution in [3.05, 3.63) is 17.9 Å². The van der Waals surface area contributed by atoms with Gasteiger partial charge in [0, 0.05) is 0 Å². The molecule has 0 heterocycles. The van der Waals surface area contributed by atoms with Crippen LogP contribution in [0.25, 0.3) is 0 Å². The Morgan fingerprint density at radius 1 is 1.64 bits per heavy atom. The van der Waals surface area contributed by atoms with Crippen molar-refractivity contribution in [2.75, 3.05) is 7.11 Å². The summed E-state index contributed by atoms with van der Waals surface area (Å²) in [5.41, 5.74) is 2.75. The second kappa shape index (κ2) is 7.10. The Morgan fingerprint density at radius 3 is 2.91 bits per heavy atom. The summed E-state index contributed by atoms with van der Waals surface area (Å²) < 4.78 is 4.38. The van der Waals surface area contributed by atoms with Crippen molar-refractivity contribution in [2.45, 2.75) is 26.2 Å². The standard InChI is InChI=1S/C9H14O2/c1-3-4-5-6-7-8-9(10)11-2/h6,8H,3-5H2,1-2H3. The first-order valence-electron chi connectivity index (χ1n) is 3.80. The summed E-state index contributed by atoms with van der Waals surface area (Å²) in [4.78, 5) is 10.5. The van der Waals surface area contributed by atoms with Crippen molar-refractivity contribution in [3.8, 4) is 0 Å². The molecule has 0 aromatic rings. The van der Waals surface area contributed by atoms with Gasteiger partial charge in [0.1, 0.15) is 0 Å². The molecule has 0 unspecified atom stereocenters. The van der Waals surface area contributed by atoms with E-state index < -0.39 is 0 Å². The first-order valence-corrected chi connectivity index (χ1v) is 3.80. The summed E-state index contributed by atoms with van der Waals surface area (Å²) in [5, 5.41) is 0. The highest BCUT2D eigenvalue weighted by Crippen LogP contribution is 1.93. The van der Waals surface area contributed by atoms with Gasteiger partial charge < -0.3 is 4.74 Å². The normalized spacial score (nSPS) is 8.18. The van der Waals surface area contributed by atoms with Crippen molar-refractivity contribution >= 4 is 5.97 Å². The first kappa shape index (κ1) is 9.99. The number of hydrogen-bond donors (Lipinski definition) is 0. The minimum Gasteiger partial charge on any atom is -0.465 e. The number of hydrogen-bond acceptors (Lipinski definition) is 2. The highest BCUT2D eigenvalue weighted by molar-refractivity contribution is 5.81. The van der Waals surface area contributed by atoms with Gasteiger partial charge >= 0.3 is 5.97 Å². The van der Waals surface area contributed by atoms with Gasteiger partial charge in [-0.3, -0.25) is 0 Å². The molecular weight excluding hydrogens is 140 g/mol. The lowest BCUT2D eigenvalue weighted by molar-refractivity contribution is -0.134. The van der Waals surface area contributed by atoms with E-state index in [1.54, 1.807) is 0 Å². The van der Waals surface area contributed by atoms with E-state index in [4.69, 9.17) is 0 Å². The zero-order valence-corrected chi connectivity index (χ0v) is 7.09. The van der Waals surface area contributed by atoms with E-state index >= 15 is 0 Å². The molecule has 0 aliphatic carbocycles. The Bertz CT molecular complexity index is 164. The molecule has 11 heavy (non-hydrogen) atoms. The van der Waals surface area contributed by atoms with Crippen LogP contribution in [0.5, 0.6) is 0 Å². The van der Waals surface area contributed by atoms with Crippen LogP contribution in [0.1, 0.15) is 26.2 Å². The predicted octanol–water partition coefficient (Wildman–Crippen LogP) is 2.06. The van der Waals surface area contributed by atoms with Crippen LogP contribution in [0.2, 0.25) is 0 Å². The van der Waals surface area contributed by atoms with Crippen LogP contribution in [0.4, 0.5) is 0 Å². The van der Waals surface area contributed by atoms with Crippen LogP contribution in [0.3, 0.4) is 0 Å². The molecule has 0 saturated heterocycles. The Hall–Kier alpha value is -1.01. The maximum Gasteiger partial charge on any atom is 0.338 e. The van der Waals surface area contributed by atoms with Crippen LogP contribution < -0.4 is 0 Å². The minimum atomic E-state index is -0.349. The highest BCUT2D eigenvalue weighted by Gasteiger charge is 1.85. The van der Waals surface area contributed by atoms with Crippen molar-refractivity contribution in [3.63, 3.8) is 0 Å². The molecule has 0 aliphatic rings. The zero-order chi connectivity index (χ0) is 8.53. The van der Waals surface area contributed by atoms with Crippen LogP contribution in [0.15, 0.2) is 17.9 Å². The zero-order valence-electron chi connectivity index (χ0n) is 7.09. The Kier molecular flexibility index (Phi) is 6.45. The number of rotatable bonds is 4. The van der Waals surface area contributed by atoms with E-state index in [2.05, 4.69) is 17.4 Å². The number of carbonyl (C=O) groups excluding carboxylic acids is 1. The van der Waals surface area contributed by atoms with Gasteiger partial charge in [-0.1, -0.05) is 13.3 Å². The smallest absolute Gasteiger partial charge is 0.338 e. The van der Waals surface area contributed by atoms with E-state index in [1.807, 2.05) is 6.08 Å². The fraction of sp³-hybridized carbons (Fsp3) is 0.556. The number of carbonyl (C=O) groups is 1. The third kappa shape index (κ3) is 6.88. The van der Waals surface area contributed by atoms with Crippen LogP contribution in [0, 0.1) is 0 Å². The molecule has 0 rings (SSSR count). The van der Waals surface area contributed by atoms with Gasteiger partial charge in [-0.05, 0) is 18.9 Å². The second-order valence-corrected chi connectivity index (χ2v) is 2.18. The number of esters is 1. The maximum absolute atomic E-state index is 10.5. The van der Waals surface area contributed by atoms with E-state index in [0.29, 0.717) is 0 Å². The maximum atomic E-state index is 10.5. The minimum absolute atomic E-state index is 0.349. The van der Waals surface area contributed by atoms with Crippen molar-refractivity contribution in [1.82, 2.24) is 0 Å². The molecule has 2 heteroatoms. The monoisotopic (exact) mass is 154 g/mol. The largest absolute Gasteiger partial charge is 0.465 e. The molecule has 0 aromatic carbocycles. The fourth-order valence-corrected chi connectivity index (χ4v) is 0.575. The average molecular weight is 154 g/mol. The van der Waals surface area contributed by atoms with Crippen LogP contribution >= 0.6 is 0 Å². The second-order valence-electron chi connectivity index (χ2n) is 2.18. The Labute approximate surface area is 67.6 Å². The summed E-state index contributed by atoms with van der Waals surface area (Å²) in [7, 11) is 1.35. The number of methoxy groups -OCH3 is 1. The third-order valence-corrected chi connectivity index (χ3v) is 1.22. The van der Waals surface area contributed by atoms with Gasteiger partial charge in [0.25, 0.3) is 0 Å². The number of unbranched alkanes of at least 4 members (excludes halogenated alkanes) is 2. The van der Waals surface area contributed by atoms with E-state index in [9.17, 15) is 4.79 Å². The molecule has 0 bridgehead atoms. The van der Waals surface area contributed by atoms with Crippen molar-refractivity contribution < 1.29 is 9.53 Å². The van der Waals surface area contributed by atoms with Crippen molar-refractivity contribution in [2.24, 2.45) is 0 Å². The van der Waals surface area contributed by atoms with Gasteiger partial charge in [0.2, 0.25) is 0 Å². The topological polar surface area (TPSA) is 26.3 Å². The number of ether oxygens (including phenoxy) is 1. The molecule has 0 amide bonds. The van der Waals surface area contributed by atoms with Gasteiger partial charge in [0.15, 0.2) is 0 Å². The molecular formula is C9H14O2. The molecule has 2 nitrogen and oxygen atoms in total. The molecule has 0 aliphatic heterocycles. The summed E-state index contributed by atoms with van der Waals surface area (Å²) in [5.74, 6) is -0.349. The fourth-order valence-electron chi connectivity index (χ4n) is 0.575. The molecule has 0 fully saturated rings. The Morgan fingerprint density at radius 2 is 2.36 bits per heavy atom. The van der Waals surface area contributed by atoms with Crippen LogP contribution in [-0.2, 0) is 9.53 Å². The van der Waals surface area contributed by atoms with Crippen LogP contribution in [-0.4, -0.2) is 13.1 Å². The van der Waals surface area contributed by atoms with Gasteiger partial charge in [-0.25, -0.2) is 4.79 Å². The predicted molar refractivity (Wildman–Crippen MR) is 44.2 cm³/mol. The average Bonchev–Trinajstić information content (AvgIpc) is 2.04. The third-order valence-electron chi connectivity index (χ3n) is 1.22. The lowest BCUT2D eigenvalue weighted by Gasteiger charge is -1.85. The summed E-state index contributed by atoms with van der Waals surface area (Å²) >= 11 is 0. The summed E-state index contributed by atoms with van der Waals surface area (Å²) in [6, 6.07) is 0. The van der Waals surface area contributed by atoms with Crippen molar-refractivity contribution in [1.29, 1.82) is 0 Å². The molecule has 0 N–H and O–H groups in total. The van der Waals surface area contributed by atoms with E-state index in [1.165, 1.54) is 13.2 Å². The molecule has 0 atom stereocenters. The highest BCUT2D eigenvalue weighted by atomic mass is 16.5. The lowest BCUT2D eigenvalue weighted by atomic mass is 10.2. The SMILES string of the molecule is CCCCC=C=CC(=O)OC. The summed E-state index contributed by atoms with van der Waals surface area (Å²) in [6.07, 6.45) is 6.43. The molecule has 62 valence electrons. The molecule has 0 aromatic heterocycles. The van der Waals surface area contributed by atoms with E-state index in [-0.39, 0.29) is 5.97 Å². The molecule has 0 radical (unpaired) electrons. The Balaban J connectivity index is 3.54. The summed E-state index contributed by atoms with van der Waals surface area (Å²) in [6.45, 7) is 2.12. The molecule has 0 saturated carbocycles. The van der Waals surface area contributed by atoms with Gasteiger partial charge in [-0.2, -0.15) is 0 Å². The molecule has 0 spiro atoms. The first-order chi connectivity index (χ1) is 5.31. The van der Waals surface area contributed by atoms with Gasteiger partial charge in [0.05, 0.1) is 13.2 Å². The van der Waals surface area contributed by atoms with Gasteiger partial charge in [-0.15, -0.1) is 5.73 Å². The lowest BCUT2D eigenvalue weighted by Crippen LogP contribution is -1.92.